The predicted octanol–water partition coefficient (Wildman–Crippen LogP) is 5.58. The van der Waals surface area contributed by atoms with Crippen molar-refractivity contribution in [2.24, 2.45) is 0 Å². The van der Waals surface area contributed by atoms with E-state index in [0.717, 1.165) is 11.4 Å². The van der Waals surface area contributed by atoms with Gasteiger partial charge < -0.3 is 9.67 Å². The smallest absolute Gasteiger partial charge is 0.173 e. The molecule has 0 aliphatic heterocycles. The van der Waals surface area contributed by atoms with Crippen molar-refractivity contribution in [3.05, 3.63) is 93.0 Å². The highest BCUT2D eigenvalue weighted by atomic mass is 35.5. The predicted molar refractivity (Wildman–Crippen MR) is 108 cm³/mol. The topological polar surface area (TPSA) is 38.0 Å². The molecule has 0 saturated heterocycles. The molecule has 0 fully saturated rings. The number of halogens is 2. The van der Waals surface area contributed by atoms with Crippen LogP contribution in [-0.2, 0) is 5.60 Å². The first-order valence-corrected chi connectivity index (χ1v) is 9.06. The van der Waals surface area contributed by atoms with Crippen molar-refractivity contribution < 1.29 is 5.11 Å². The molecule has 26 heavy (non-hydrogen) atoms. The second-order valence-electron chi connectivity index (χ2n) is 6.18. The van der Waals surface area contributed by atoms with Crippen LogP contribution in [-0.4, -0.2) is 14.7 Å². The Kier molecular flexibility index (Phi) is 5.24. The van der Waals surface area contributed by atoms with E-state index in [4.69, 9.17) is 28.2 Å². The summed E-state index contributed by atoms with van der Waals surface area (Å²) in [6.07, 6.45) is 3.82. The Balaban J connectivity index is 2.33. The Morgan fingerprint density at radius 3 is 1.81 bits per heavy atom. The molecule has 0 bridgehead atoms. The minimum absolute atomic E-state index is 0.523. The molecule has 0 aliphatic rings. The van der Waals surface area contributed by atoms with Crippen molar-refractivity contribution in [2.75, 3.05) is 0 Å². The monoisotopic (exact) mass is 386 g/mol. The molecule has 5 heteroatoms. The standard InChI is InChI=1S/C21H20Cl2N2O/c1-4-13-25-15(3)14(2)24-20(25)21(26,16-5-9-18(22)10-6-16)17-7-11-19(23)12-8-17/h4-13,26H,1-3H3/b13-4+. The number of aromatic nitrogens is 2. The summed E-state index contributed by atoms with van der Waals surface area (Å²) >= 11 is 12.1. The number of nitrogens with zero attached hydrogens (tertiary/aromatic N) is 2. The quantitative estimate of drug-likeness (QED) is 0.635. The molecular weight excluding hydrogens is 367 g/mol. The number of imidazole rings is 1. The van der Waals surface area contributed by atoms with E-state index >= 15 is 0 Å². The number of rotatable bonds is 4. The van der Waals surface area contributed by atoms with Gasteiger partial charge in [-0.25, -0.2) is 4.98 Å². The van der Waals surface area contributed by atoms with Gasteiger partial charge in [-0.2, -0.15) is 0 Å². The molecular formula is C21H20Cl2N2O. The number of hydrogen-bond acceptors (Lipinski definition) is 2. The highest BCUT2D eigenvalue weighted by molar-refractivity contribution is 6.30. The van der Waals surface area contributed by atoms with E-state index in [1.807, 2.05) is 61.9 Å². The molecule has 0 radical (unpaired) electrons. The molecule has 3 nitrogen and oxygen atoms in total. The summed E-state index contributed by atoms with van der Waals surface area (Å²) in [5, 5.41) is 13.2. The van der Waals surface area contributed by atoms with Crippen LogP contribution in [0.2, 0.25) is 10.0 Å². The summed E-state index contributed by atoms with van der Waals surface area (Å²) in [6, 6.07) is 14.3. The van der Waals surface area contributed by atoms with Gasteiger partial charge in [0, 0.05) is 21.9 Å². The molecule has 3 aromatic rings. The van der Waals surface area contributed by atoms with Crippen LogP contribution in [0.25, 0.3) is 6.20 Å². The molecule has 0 unspecified atom stereocenters. The van der Waals surface area contributed by atoms with E-state index in [1.54, 1.807) is 24.3 Å². The first-order chi connectivity index (χ1) is 12.4. The van der Waals surface area contributed by atoms with Gasteiger partial charge in [0.25, 0.3) is 0 Å². The zero-order valence-corrected chi connectivity index (χ0v) is 16.4. The first kappa shape index (κ1) is 18.7. The van der Waals surface area contributed by atoms with Gasteiger partial charge >= 0.3 is 0 Å². The molecule has 0 amide bonds. The van der Waals surface area contributed by atoms with Crippen molar-refractivity contribution >= 4 is 29.4 Å². The molecule has 2 aromatic carbocycles. The van der Waals surface area contributed by atoms with Gasteiger partial charge in [-0.05, 0) is 56.2 Å². The van der Waals surface area contributed by atoms with Crippen LogP contribution < -0.4 is 0 Å². The van der Waals surface area contributed by atoms with Gasteiger partial charge in [0.05, 0.1) is 5.69 Å². The van der Waals surface area contributed by atoms with Crippen molar-refractivity contribution in [3.63, 3.8) is 0 Å². The van der Waals surface area contributed by atoms with Crippen molar-refractivity contribution in [2.45, 2.75) is 26.4 Å². The zero-order valence-electron chi connectivity index (χ0n) is 14.9. The van der Waals surface area contributed by atoms with Crippen LogP contribution in [0.5, 0.6) is 0 Å². The minimum atomic E-state index is -1.45. The molecule has 1 aromatic heterocycles. The minimum Gasteiger partial charge on any atom is -0.373 e. The van der Waals surface area contributed by atoms with Crippen LogP contribution in [0.3, 0.4) is 0 Å². The van der Waals surface area contributed by atoms with Gasteiger partial charge in [-0.1, -0.05) is 53.5 Å². The van der Waals surface area contributed by atoms with Crippen LogP contribution in [0.4, 0.5) is 0 Å². The molecule has 1 heterocycles. The molecule has 0 saturated carbocycles. The average Bonchev–Trinajstić information content (AvgIpc) is 2.91. The highest BCUT2D eigenvalue weighted by Crippen LogP contribution is 2.38. The summed E-state index contributed by atoms with van der Waals surface area (Å²) in [4.78, 5) is 4.69. The number of hydrogen-bond donors (Lipinski definition) is 1. The maximum Gasteiger partial charge on any atom is 0.173 e. The summed E-state index contributed by atoms with van der Waals surface area (Å²) < 4.78 is 1.92. The van der Waals surface area contributed by atoms with Gasteiger partial charge in [0.2, 0.25) is 0 Å². The Bertz CT molecular complexity index is 896. The van der Waals surface area contributed by atoms with Gasteiger partial charge in [-0.15, -0.1) is 0 Å². The van der Waals surface area contributed by atoms with Crippen LogP contribution in [0.1, 0.15) is 35.3 Å². The molecule has 1 N–H and O–H groups in total. The second-order valence-corrected chi connectivity index (χ2v) is 7.06. The Morgan fingerprint density at radius 2 is 1.38 bits per heavy atom. The first-order valence-electron chi connectivity index (χ1n) is 8.31. The third-order valence-corrected chi connectivity index (χ3v) is 5.04. The van der Waals surface area contributed by atoms with Gasteiger partial charge in [0.1, 0.15) is 0 Å². The Labute approximate surface area is 163 Å². The molecule has 0 atom stereocenters. The SMILES string of the molecule is C/C=C/n1c(C(O)(c2ccc(Cl)cc2)c2ccc(Cl)cc2)nc(C)c1C. The van der Waals surface area contributed by atoms with E-state index in [2.05, 4.69) is 0 Å². The average molecular weight is 387 g/mol. The molecule has 3 rings (SSSR count). The van der Waals surface area contributed by atoms with E-state index < -0.39 is 5.60 Å². The fraction of sp³-hybridized carbons (Fsp3) is 0.190. The van der Waals surface area contributed by atoms with Crippen LogP contribution in [0, 0.1) is 13.8 Å². The number of aliphatic hydroxyl groups is 1. The normalized spacial score (nSPS) is 12.1. The summed E-state index contributed by atoms with van der Waals surface area (Å²) in [5.74, 6) is 0.523. The lowest BCUT2D eigenvalue weighted by molar-refractivity contribution is 0.114. The largest absolute Gasteiger partial charge is 0.373 e. The van der Waals surface area contributed by atoms with E-state index in [9.17, 15) is 5.11 Å². The lowest BCUT2D eigenvalue weighted by Gasteiger charge is -2.29. The summed E-state index contributed by atoms with van der Waals surface area (Å²) in [5.41, 5.74) is 1.74. The van der Waals surface area contributed by atoms with Crippen molar-refractivity contribution in [3.8, 4) is 0 Å². The molecule has 0 spiro atoms. The fourth-order valence-corrected chi connectivity index (χ4v) is 3.27. The maximum absolute atomic E-state index is 11.9. The van der Waals surface area contributed by atoms with E-state index in [-0.39, 0.29) is 0 Å². The lowest BCUT2D eigenvalue weighted by atomic mass is 9.85. The third-order valence-electron chi connectivity index (χ3n) is 4.53. The number of aryl methyl sites for hydroxylation is 1. The van der Waals surface area contributed by atoms with Crippen LogP contribution in [0.15, 0.2) is 54.6 Å². The van der Waals surface area contributed by atoms with Crippen molar-refractivity contribution in [1.29, 1.82) is 0 Å². The van der Waals surface area contributed by atoms with Gasteiger partial charge in [-0.3, -0.25) is 0 Å². The third kappa shape index (κ3) is 3.18. The van der Waals surface area contributed by atoms with E-state index in [0.29, 0.717) is 27.0 Å². The Hall–Kier alpha value is -2.07. The lowest BCUT2D eigenvalue weighted by Crippen LogP contribution is -2.32. The highest BCUT2D eigenvalue weighted by Gasteiger charge is 2.39. The number of benzene rings is 2. The summed E-state index contributed by atoms with van der Waals surface area (Å²) in [6.45, 7) is 5.85. The van der Waals surface area contributed by atoms with Crippen molar-refractivity contribution in [1.82, 2.24) is 9.55 Å². The maximum atomic E-state index is 11.9. The summed E-state index contributed by atoms with van der Waals surface area (Å²) in [7, 11) is 0. The zero-order chi connectivity index (χ0) is 18.9. The molecule has 0 aliphatic carbocycles. The fourth-order valence-electron chi connectivity index (χ4n) is 3.02. The second kappa shape index (κ2) is 7.28. The molecule has 134 valence electrons. The van der Waals surface area contributed by atoms with Crippen LogP contribution >= 0.6 is 23.2 Å². The van der Waals surface area contributed by atoms with Gasteiger partial charge in [0.15, 0.2) is 11.4 Å². The van der Waals surface area contributed by atoms with E-state index in [1.165, 1.54) is 0 Å². The Morgan fingerprint density at radius 1 is 0.923 bits per heavy atom. The number of allylic oxidation sites excluding steroid dienone is 1.